The number of hydrogen-bond acceptors (Lipinski definition) is 6. The van der Waals surface area contributed by atoms with Crippen molar-refractivity contribution in [1.82, 2.24) is 20.0 Å². The second-order valence-electron chi connectivity index (χ2n) is 10.8. The fourth-order valence-electron chi connectivity index (χ4n) is 6.42. The van der Waals surface area contributed by atoms with Crippen molar-refractivity contribution in [3.63, 3.8) is 0 Å². The first-order valence-corrected chi connectivity index (χ1v) is 14.0. The number of rotatable bonds is 4. The van der Waals surface area contributed by atoms with Crippen LogP contribution in [0.5, 0.6) is 0 Å². The molecule has 1 atom stereocenters. The molecule has 3 aliphatic rings. The van der Waals surface area contributed by atoms with E-state index in [0.29, 0.717) is 53.8 Å². The van der Waals surface area contributed by atoms with Crippen molar-refractivity contribution in [2.45, 2.75) is 57.4 Å². The number of aromatic amines is 1. The highest BCUT2D eigenvalue weighted by Crippen LogP contribution is 2.36. The van der Waals surface area contributed by atoms with E-state index in [-0.39, 0.29) is 29.3 Å². The Morgan fingerprint density at radius 3 is 2.28 bits per heavy atom. The molecule has 202 valence electrons. The highest BCUT2D eigenvalue weighted by Gasteiger charge is 2.42. The topological polar surface area (TPSA) is 107 Å². The lowest BCUT2D eigenvalue weighted by atomic mass is 9.99. The van der Waals surface area contributed by atoms with E-state index in [1.165, 1.54) is 4.90 Å². The molecule has 9 heteroatoms. The van der Waals surface area contributed by atoms with Gasteiger partial charge in [0.1, 0.15) is 0 Å². The van der Waals surface area contributed by atoms with E-state index in [2.05, 4.69) is 15.1 Å². The van der Waals surface area contributed by atoms with Crippen molar-refractivity contribution >= 4 is 34.2 Å². The number of carbonyl (C=O) groups excluding carboxylic acids is 3. The first-order valence-electron chi connectivity index (χ1n) is 14.0. The molecule has 0 bridgehead atoms. The van der Waals surface area contributed by atoms with Crippen LogP contribution in [-0.2, 0) is 4.79 Å². The number of amides is 3. The lowest BCUT2D eigenvalue weighted by Gasteiger charge is -2.37. The zero-order valence-corrected chi connectivity index (χ0v) is 22.2. The van der Waals surface area contributed by atoms with Crippen LogP contribution in [0.25, 0.3) is 10.8 Å². The van der Waals surface area contributed by atoms with Gasteiger partial charge in [-0.2, -0.15) is 5.10 Å². The zero-order valence-electron chi connectivity index (χ0n) is 22.2. The summed E-state index contributed by atoms with van der Waals surface area (Å²) in [6.07, 6.45) is 6.15. The highest BCUT2D eigenvalue weighted by molar-refractivity contribution is 6.24. The molecule has 1 saturated carbocycles. The molecule has 6 rings (SSSR count). The minimum atomic E-state index is -0.522. The van der Waals surface area contributed by atoms with Gasteiger partial charge in [0.15, 0.2) is 0 Å². The number of carbonyl (C=O) groups is 3. The number of imide groups is 1. The molecular formula is C30H33N5O4. The van der Waals surface area contributed by atoms with E-state index in [1.807, 2.05) is 36.1 Å². The largest absolute Gasteiger partial charge is 0.367 e. The number of hydrogen-bond donors (Lipinski definition) is 1. The Bertz CT molecular complexity index is 1500. The third-order valence-electron chi connectivity index (χ3n) is 8.55. The summed E-state index contributed by atoms with van der Waals surface area (Å²) in [5, 5.41) is 7.94. The van der Waals surface area contributed by atoms with Gasteiger partial charge in [0.05, 0.1) is 33.8 Å². The van der Waals surface area contributed by atoms with Crippen LogP contribution in [0.4, 0.5) is 5.69 Å². The van der Waals surface area contributed by atoms with Gasteiger partial charge in [-0.05, 0) is 38.0 Å². The van der Waals surface area contributed by atoms with Gasteiger partial charge in [0, 0.05) is 37.6 Å². The lowest BCUT2D eigenvalue weighted by molar-refractivity contribution is -0.132. The van der Waals surface area contributed by atoms with Gasteiger partial charge >= 0.3 is 0 Å². The first-order chi connectivity index (χ1) is 19.0. The Morgan fingerprint density at radius 2 is 1.56 bits per heavy atom. The van der Waals surface area contributed by atoms with Crippen molar-refractivity contribution < 1.29 is 14.4 Å². The second-order valence-corrected chi connectivity index (χ2v) is 10.8. The third-order valence-corrected chi connectivity index (χ3v) is 8.55. The number of aromatic nitrogens is 2. The van der Waals surface area contributed by atoms with Crippen LogP contribution in [0.2, 0.25) is 0 Å². The zero-order chi connectivity index (χ0) is 27.1. The maximum atomic E-state index is 13.6. The van der Waals surface area contributed by atoms with E-state index in [0.717, 1.165) is 44.2 Å². The summed E-state index contributed by atoms with van der Waals surface area (Å²) in [6, 6.07) is 12.7. The lowest BCUT2D eigenvalue weighted by Crippen LogP contribution is -2.50. The molecule has 1 aromatic heterocycles. The van der Waals surface area contributed by atoms with E-state index < -0.39 is 5.92 Å². The molecule has 3 amide bonds. The van der Waals surface area contributed by atoms with Crippen molar-refractivity contribution in [2.75, 3.05) is 31.1 Å². The van der Waals surface area contributed by atoms with Crippen LogP contribution in [0.15, 0.2) is 47.3 Å². The second kappa shape index (κ2) is 10.3. The van der Waals surface area contributed by atoms with Crippen LogP contribution in [-0.4, -0.2) is 69.9 Å². The Morgan fingerprint density at radius 1 is 0.872 bits per heavy atom. The third kappa shape index (κ3) is 4.39. The van der Waals surface area contributed by atoms with Crippen LogP contribution in [0, 0.1) is 0 Å². The smallest absolute Gasteiger partial charge is 0.272 e. The normalized spacial score (nSPS) is 19.4. The van der Waals surface area contributed by atoms with Crippen LogP contribution in [0.3, 0.4) is 0 Å². The molecule has 2 fully saturated rings. The average molecular weight is 528 g/mol. The molecule has 1 saturated heterocycles. The summed E-state index contributed by atoms with van der Waals surface area (Å²) in [5.74, 6) is -0.928. The van der Waals surface area contributed by atoms with E-state index in [4.69, 9.17) is 0 Å². The molecule has 3 aromatic rings. The fourth-order valence-corrected chi connectivity index (χ4v) is 6.42. The van der Waals surface area contributed by atoms with Crippen LogP contribution >= 0.6 is 0 Å². The number of nitrogens with one attached hydrogen (secondary N) is 1. The Kier molecular flexibility index (Phi) is 6.66. The molecule has 2 aromatic carbocycles. The van der Waals surface area contributed by atoms with Crippen LogP contribution in [0.1, 0.15) is 77.8 Å². The monoisotopic (exact) mass is 527 g/mol. The van der Waals surface area contributed by atoms with Crippen molar-refractivity contribution in [1.29, 1.82) is 0 Å². The summed E-state index contributed by atoms with van der Waals surface area (Å²) < 4.78 is 0. The Labute approximate surface area is 226 Å². The van der Waals surface area contributed by atoms with Crippen molar-refractivity contribution in [3.05, 3.63) is 69.6 Å². The summed E-state index contributed by atoms with van der Waals surface area (Å²) in [6.45, 7) is 3.91. The Balaban J connectivity index is 1.18. The van der Waals surface area contributed by atoms with Gasteiger partial charge in [0.25, 0.3) is 17.4 Å². The SMILES string of the molecule is C[C@H](C(=O)N1CCN(c2cccc3c2C(=O)N(C2CCCCCC2)C3=O)CC1)c1n[nH]c(=O)c2ccccc12. The Hall–Kier alpha value is -4.01. The van der Waals surface area contributed by atoms with Gasteiger partial charge in [-0.1, -0.05) is 49.9 Å². The quantitative estimate of drug-likeness (QED) is 0.410. The maximum absolute atomic E-state index is 13.6. The summed E-state index contributed by atoms with van der Waals surface area (Å²) >= 11 is 0. The van der Waals surface area contributed by atoms with Gasteiger partial charge in [-0.25, -0.2) is 5.10 Å². The van der Waals surface area contributed by atoms with Gasteiger partial charge < -0.3 is 9.80 Å². The van der Waals surface area contributed by atoms with Gasteiger partial charge in [-0.15, -0.1) is 0 Å². The molecule has 3 heterocycles. The predicted molar refractivity (Wildman–Crippen MR) is 148 cm³/mol. The van der Waals surface area contributed by atoms with E-state index in [1.54, 1.807) is 18.2 Å². The average Bonchev–Trinajstić information content (AvgIpc) is 3.12. The summed E-state index contributed by atoms with van der Waals surface area (Å²) in [5.41, 5.74) is 2.05. The number of anilines is 1. The molecular weight excluding hydrogens is 494 g/mol. The highest BCUT2D eigenvalue weighted by atomic mass is 16.2. The number of fused-ring (bicyclic) bond motifs is 2. The molecule has 0 unspecified atom stereocenters. The number of benzene rings is 2. The minimum absolute atomic E-state index is 0.0266. The molecule has 1 aliphatic carbocycles. The molecule has 0 radical (unpaired) electrons. The summed E-state index contributed by atoms with van der Waals surface area (Å²) in [4.78, 5) is 58.0. The first kappa shape index (κ1) is 25.3. The molecule has 0 spiro atoms. The van der Waals surface area contributed by atoms with Gasteiger partial charge in [0.2, 0.25) is 5.91 Å². The molecule has 2 aliphatic heterocycles. The standard InChI is InChI=1S/C30H33N5O4/c1-19(26-21-11-6-7-12-22(21)27(36)32-31-26)28(37)34-17-15-33(16-18-34)24-14-8-13-23-25(24)30(39)35(29(23)38)20-9-4-2-3-5-10-20/h6-8,11-14,19-20H,2-5,9-10,15-18H2,1H3,(H,32,36)/t19-/m0/s1. The van der Waals surface area contributed by atoms with E-state index in [9.17, 15) is 19.2 Å². The van der Waals surface area contributed by atoms with Crippen molar-refractivity contribution in [2.24, 2.45) is 0 Å². The number of piperazine rings is 1. The number of nitrogens with zero attached hydrogens (tertiary/aromatic N) is 4. The summed E-state index contributed by atoms with van der Waals surface area (Å²) in [7, 11) is 0. The maximum Gasteiger partial charge on any atom is 0.272 e. The van der Waals surface area contributed by atoms with Crippen LogP contribution < -0.4 is 10.5 Å². The number of H-pyrrole nitrogens is 1. The molecule has 1 N–H and O–H groups in total. The minimum Gasteiger partial charge on any atom is -0.367 e. The molecule has 39 heavy (non-hydrogen) atoms. The van der Waals surface area contributed by atoms with Crippen molar-refractivity contribution in [3.8, 4) is 0 Å². The predicted octanol–water partition coefficient (Wildman–Crippen LogP) is 3.69. The van der Waals surface area contributed by atoms with Gasteiger partial charge in [-0.3, -0.25) is 24.1 Å². The fraction of sp³-hybridized carbons (Fsp3) is 0.433. The van der Waals surface area contributed by atoms with E-state index >= 15 is 0 Å². The molecule has 9 nitrogen and oxygen atoms in total.